The summed E-state index contributed by atoms with van der Waals surface area (Å²) in [5.74, 6) is -0.160. The fourth-order valence-electron chi connectivity index (χ4n) is 4.46. The van der Waals surface area contributed by atoms with Gasteiger partial charge in [-0.05, 0) is 64.7 Å². The van der Waals surface area contributed by atoms with Gasteiger partial charge in [0.1, 0.15) is 0 Å². The molecule has 5 rings (SSSR count). The highest BCUT2D eigenvalue weighted by molar-refractivity contribution is 7.09. The molecule has 0 unspecified atom stereocenters. The van der Waals surface area contributed by atoms with E-state index >= 15 is 0 Å². The van der Waals surface area contributed by atoms with Gasteiger partial charge in [0.15, 0.2) is 5.69 Å². The normalized spacial score (nSPS) is 14.1. The molecule has 0 atom stereocenters. The van der Waals surface area contributed by atoms with Crippen molar-refractivity contribution in [3.63, 3.8) is 0 Å². The lowest BCUT2D eigenvalue weighted by atomic mass is 9.97. The van der Waals surface area contributed by atoms with Crippen molar-refractivity contribution in [2.75, 3.05) is 25.1 Å². The summed E-state index contributed by atoms with van der Waals surface area (Å²) in [4.78, 5) is 31.8. The van der Waals surface area contributed by atoms with Crippen LogP contribution in [0.2, 0.25) is 0 Å². The highest BCUT2D eigenvalue weighted by atomic mass is 32.1. The van der Waals surface area contributed by atoms with Crippen LogP contribution in [0.5, 0.6) is 0 Å². The minimum Gasteiger partial charge on any atom is -0.381 e. The number of amides is 2. The molecule has 0 bridgehead atoms. The number of carbonyl (C=O) groups excluding carboxylic acids is 2. The lowest BCUT2D eigenvalue weighted by Crippen LogP contribution is -2.33. The number of thiophene rings is 1. The Morgan fingerprint density at radius 3 is 2.57 bits per heavy atom. The Balaban J connectivity index is 1.35. The maximum Gasteiger partial charge on any atom is 0.272 e. The van der Waals surface area contributed by atoms with Crippen LogP contribution in [-0.4, -0.2) is 36.6 Å². The molecule has 0 radical (unpaired) electrons. The number of carbonyl (C=O) groups is 2. The Hall–Kier alpha value is -3.55. The number of pyridine rings is 1. The molecule has 0 aliphatic carbocycles. The number of rotatable bonds is 7. The second kappa shape index (κ2) is 10.8. The fourth-order valence-corrected chi connectivity index (χ4v) is 5.19. The average Bonchev–Trinajstić information content (AvgIpc) is 3.41. The number of aromatic nitrogens is 1. The first-order valence-corrected chi connectivity index (χ1v) is 12.7. The first-order chi connectivity index (χ1) is 17.2. The molecule has 178 valence electrons. The molecule has 1 saturated heterocycles. The molecular formula is C28H27N3O3S. The van der Waals surface area contributed by atoms with Gasteiger partial charge >= 0.3 is 0 Å². The van der Waals surface area contributed by atoms with Crippen LogP contribution in [0.4, 0.5) is 5.69 Å². The highest BCUT2D eigenvalue weighted by Crippen LogP contribution is 2.27. The Bertz CT molecular complexity index is 1330. The first-order valence-electron chi connectivity index (χ1n) is 11.8. The Labute approximate surface area is 208 Å². The summed E-state index contributed by atoms with van der Waals surface area (Å²) < 4.78 is 5.39. The molecule has 3 heterocycles. The van der Waals surface area contributed by atoms with Crippen LogP contribution in [0.1, 0.15) is 44.1 Å². The third-order valence-corrected chi connectivity index (χ3v) is 7.24. The Morgan fingerprint density at radius 1 is 0.943 bits per heavy atom. The topological polar surface area (TPSA) is 80.3 Å². The van der Waals surface area contributed by atoms with Crippen LogP contribution in [0, 0.1) is 5.92 Å². The van der Waals surface area contributed by atoms with Crippen LogP contribution in [-0.2, 0) is 11.2 Å². The molecule has 1 aliphatic heterocycles. The number of fused-ring (bicyclic) bond motifs is 1. The third kappa shape index (κ3) is 5.42. The smallest absolute Gasteiger partial charge is 0.272 e. The summed E-state index contributed by atoms with van der Waals surface area (Å²) >= 11 is 1.73. The molecule has 4 aromatic rings. The highest BCUT2D eigenvalue weighted by Gasteiger charge is 2.20. The van der Waals surface area contributed by atoms with Crippen LogP contribution in [0.25, 0.3) is 10.8 Å². The average molecular weight is 486 g/mol. The van der Waals surface area contributed by atoms with Gasteiger partial charge in [0.25, 0.3) is 11.8 Å². The summed E-state index contributed by atoms with van der Waals surface area (Å²) in [6.45, 7) is 2.03. The molecule has 1 fully saturated rings. The van der Waals surface area contributed by atoms with Crippen molar-refractivity contribution >= 4 is 39.6 Å². The first kappa shape index (κ1) is 23.2. The van der Waals surface area contributed by atoms with Gasteiger partial charge in [0.05, 0.1) is 5.69 Å². The fraction of sp³-hybridized carbons (Fsp3) is 0.250. The zero-order valence-corrected chi connectivity index (χ0v) is 20.1. The van der Waals surface area contributed by atoms with Crippen LogP contribution in [0.15, 0.2) is 72.2 Å². The van der Waals surface area contributed by atoms with Gasteiger partial charge in [-0.25, -0.2) is 4.98 Å². The van der Waals surface area contributed by atoms with E-state index in [2.05, 4.69) is 33.1 Å². The van der Waals surface area contributed by atoms with E-state index in [4.69, 9.17) is 4.74 Å². The van der Waals surface area contributed by atoms with Gasteiger partial charge in [-0.2, -0.15) is 0 Å². The zero-order chi connectivity index (χ0) is 24.0. The molecule has 0 spiro atoms. The largest absolute Gasteiger partial charge is 0.381 e. The molecule has 2 aromatic carbocycles. The lowest BCUT2D eigenvalue weighted by Gasteiger charge is -2.22. The van der Waals surface area contributed by atoms with Crippen molar-refractivity contribution in [1.29, 1.82) is 0 Å². The SMILES string of the molecule is O=C(NCC1CCOCC1)c1ncccc1NC(=O)c1ccc(Cc2cccs2)c2ccccc12. The van der Waals surface area contributed by atoms with Crippen molar-refractivity contribution < 1.29 is 14.3 Å². The van der Waals surface area contributed by atoms with Crippen molar-refractivity contribution in [2.24, 2.45) is 5.92 Å². The van der Waals surface area contributed by atoms with Gasteiger partial charge in [-0.3, -0.25) is 9.59 Å². The van der Waals surface area contributed by atoms with E-state index in [-0.39, 0.29) is 17.5 Å². The number of hydrogen-bond acceptors (Lipinski definition) is 5. The van der Waals surface area contributed by atoms with Crippen molar-refractivity contribution in [1.82, 2.24) is 10.3 Å². The maximum absolute atomic E-state index is 13.4. The van der Waals surface area contributed by atoms with Crippen LogP contribution in [0.3, 0.4) is 0 Å². The lowest BCUT2D eigenvalue weighted by molar-refractivity contribution is 0.0642. The van der Waals surface area contributed by atoms with Crippen molar-refractivity contribution in [2.45, 2.75) is 19.3 Å². The predicted molar refractivity (Wildman–Crippen MR) is 139 cm³/mol. The molecule has 35 heavy (non-hydrogen) atoms. The number of nitrogens with zero attached hydrogens (tertiary/aromatic N) is 1. The summed E-state index contributed by atoms with van der Waals surface area (Å²) in [6, 6.07) is 19.4. The summed E-state index contributed by atoms with van der Waals surface area (Å²) in [5, 5.41) is 9.90. The van der Waals surface area contributed by atoms with Gasteiger partial charge in [0, 0.05) is 42.8 Å². The van der Waals surface area contributed by atoms with Gasteiger partial charge in [-0.1, -0.05) is 36.4 Å². The van der Waals surface area contributed by atoms with Gasteiger partial charge in [0.2, 0.25) is 0 Å². The van der Waals surface area contributed by atoms with Crippen molar-refractivity contribution in [3.05, 3.63) is 93.9 Å². The Kier molecular flexibility index (Phi) is 7.16. The minimum absolute atomic E-state index is 0.214. The molecule has 7 heteroatoms. The quantitative estimate of drug-likeness (QED) is 0.372. The molecule has 2 amide bonds. The standard InChI is InChI=1S/C28H27N3O3S/c32-27(24-10-9-20(17-21-5-4-16-35-21)22-6-1-2-7-23(22)24)31-25-8-3-13-29-26(25)28(33)30-18-19-11-14-34-15-12-19/h1-10,13,16,19H,11-12,14-15,17-18H2,(H,30,33)(H,31,32). The number of anilines is 1. The molecular weight excluding hydrogens is 458 g/mol. The van der Waals surface area contributed by atoms with E-state index < -0.39 is 0 Å². The van der Waals surface area contributed by atoms with E-state index in [1.54, 1.807) is 29.7 Å². The summed E-state index contributed by atoms with van der Waals surface area (Å²) in [7, 11) is 0. The second-order valence-electron chi connectivity index (χ2n) is 8.69. The molecule has 0 saturated carbocycles. The van der Waals surface area contributed by atoms with Crippen LogP contribution >= 0.6 is 11.3 Å². The van der Waals surface area contributed by atoms with Crippen LogP contribution < -0.4 is 10.6 Å². The monoisotopic (exact) mass is 485 g/mol. The maximum atomic E-state index is 13.4. The molecule has 1 aliphatic rings. The number of benzene rings is 2. The van der Waals surface area contributed by atoms with E-state index in [9.17, 15) is 9.59 Å². The number of ether oxygens (including phenoxy) is 1. The molecule has 6 nitrogen and oxygen atoms in total. The third-order valence-electron chi connectivity index (χ3n) is 6.37. The van der Waals surface area contributed by atoms with Gasteiger partial charge in [-0.15, -0.1) is 11.3 Å². The number of hydrogen-bond donors (Lipinski definition) is 2. The van der Waals surface area contributed by atoms with Gasteiger partial charge < -0.3 is 15.4 Å². The van der Waals surface area contributed by atoms with E-state index in [0.717, 1.165) is 43.2 Å². The molecule has 2 aromatic heterocycles. The molecule has 2 N–H and O–H groups in total. The predicted octanol–water partition coefficient (Wildman–Crippen LogP) is 5.30. The number of nitrogens with one attached hydrogen (secondary N) is 2. The van der Waals surface area contributed by atoms with E-state index in [0.29, 0.717) is 23.7 Å². The second-order valence-corrected chi connectivity index (χ2v) is 9.73. The van der Waals surface area contributed by atoms with E-state index in [1.807, 2.05) is 36.4 Å². The summed E-state index contributed by atoms with van der Waals surface area (Å²) in [6.07, 6.45) is 4.25. The summed E-state index contributed by atoms with van der Waals surface area (Å²) in [5.41, 5.74) is 2.35. The minimum atomic E-state index is -0.288. The Morgan fingerprint density at radius 2 is 1.77 bits per heavy atom. The van der Waals surface area contributed by atoms with E-state index in [1.165, 1.54) is 10.4 Å². The van der Waals surface area contributed by atoms with Crippen molar-refractivity contribution in [3.8, 4) is 0 Å². The zero-order valence-electron chi connectivity index (χ0n) is 19.3.